The van der Waals surface area contributed by atoms with Crippen LogP contribution >= 0.6 is 22.9 Å². The molecule has 1 unspecified atom stereocenters. The highest BCUT2D eigenvalue weighted by molar-refractivity contribution is 7.16. The molecule has 1 atom stereocenters. The van der Waals surface area contributed by atoms with Gasteiger partial charge in [-0.2, -0.15) is 0 Å². The Morgan fingerprint density at radius 1 is 1.71 bits per heavy atom. The molecule has 1 aromatic rings. The normalized spacial score (nSPS) is 12.5. The van der Waals surface area contributed by atoms with Gasteiger partial charge < -0.3 is 16.2 Å². The molecule has 0 radical (unpaired) electrons. The van der Waals surface area contributed by atoms with E-state index in [-0.39, 0.29) is 12.5 Å². The lowest BCUT2D eigenvalue weighted by molar-refractivity contribution is -0.123. The van der Waals surface area contributed by atoms with Gasteiger partial charge in [0.05, 0.1) is 17.5 Å². The molecule has 0 aliphatic rings. The Bertz CT molecular complexity index is 316. The second-order valence-electron chi connectivity index (χ2n) is 2.71. The molecule has 1 amide bonds. The summed E-state index contributed by atoms with van der Waals surface area (Å²) in [5, 5.41) is 11.2. The van der Waals surface area contributed by atoms with Crippen LogP contribution in [0.4, 0.5) is 0 Å². The van der Waals surface area contributed by atoms with Crippen molar-refractivity contribution in [2.24, 2.45) is 5.73 Å². The predicted molar refractivity (Wildman–Crippen MR) is 56.2 cm³/mol. The first-order valence-electron chi connectivity index (χ1n) is 4.02. The third kappa shape index (κ3) is 3.26. The molecule has 0 fully saturated rings. The van der Waals surface area contributed by atoms with Crippen molar-refractivity contribution < 1.29 is 9.90 Å². The van der Waals surface area contributed by atoms with Crippen LogP contribution in [0.25, 0.3) is 0 Å². The molecular formula is C8H11ClN2O2S. The summed E-state index contributed by atoms with van der Waals surface area (Å²) in [7, 11) is 0. The molecular weight excluding hydrogens is 224 g/mol. The Morgan fingerprint density at radius 3 is 2.93 bits per heavy atom. The van der Waals surface area contributed by atoms with Crippen molar-refractivity contribution in [3.8, 4) is 0 Å². The van der Waals surface area contributed by atoms with Crippen molar-refractivity contribution >= 4 is 28.8 Å². The summed E-state index contributed by atoms with van der Waals surface area (Å²) in [6, 6.07) is 2.74. The van der Waals surface area contributed by atoms with Crippen LogP contribution < -0.4 is 11.1 Å². The third-order valence-electron chi connectivity index (χ3n) is 1.60. The number of halogens is 1. The largest absolute Gasteiger partial charge is 0.394 e. The van der Waals surface area contributed by atoms with Crippen LogP contribution in [-0.4, -0.2) is 23.7 Å². The number of nitrogens with two attached hydrogens (primary N) is 1. The van der Waals surface area contributed by atoms with Gasteiger partial charge in [-0.15, -0.1) is 11.3 Å². The fraction of sp³-hybridized carbons (Fsp3) is 0.375. The maximum atomic E-state index is 11.1. The van der Waals surface area contributed by atoms with E-state index in [1.165, 1.54) is 11.3 Å². The molecule has 78 valence electrons. The van der Waals surface area contributed by atoms with Crippen molar-refractivity contribution in [1.82, 2.24) is 5.32 Å². The molecule has 0 aromatic carbocycles. The van der Waals surface area contributed by atoms with Crippen molar-refractivity contribution in [2.45, 2.75) is 12.6 Å². The van der Waals surface area contributed by atoms with Crippen LogP contribution in [0.2, 0.25) is 4.34 Å². The Balaban J connectivity index is 2.37. The topological polar surface area (TPSA) is 75.3 Å². The van der Waals surface area contributed by atoms with E-state index in [1.54, 1.807) is 6.07 Å². The van der Waals surface area contributed by atoms with E-state index in [0.29, 0.717) is 10.9 Å². The van der Waals surface area contributed by atoms with E-state index in [4.69, 9.17) is 22.4 Å². The Kier molecular flexibility index (Phi) is 4.34. The monoisotopic (exact) mass is 234 g/mol. The lowest BCUT2D eigenvalue weighted by Gasteiger charge is -2.07. The summed E-state index contributed by atoms with van der Waals surface area (Å²) in [6.45, 7) is 0.0426. The third-order valence-corrected chi connectivity index (χ3v) is 2.83. The van der Waals surface area contributed by atoms with Crippen LogP contribution in [-0.2, 0) is 11.3 Å². The van der Waals surface area contributed by atoms with E-state index in [9.17, 15) is 4.79 Å². The molecule has 0 aliphatic carbocycles. The van der Waals surface area contributed by atoms with Crippen LogP contribution in [0.5, 0.6) is 0 Å². The molecule has 1 aromatic heterocycles. The van der Waals surface area contributed by atoms with Crippen LogP contribution in [0, 0.1) is 0 Å². The summed E-state index contributed by atoms with van der Waals surface area (Å²) in [5.41, 5.74) is 5.30. The molecule has 4 nitrogen and oxygen atoms in total. The van der Waals surface area contributed by atoms with E-state index < -0.39 is 6.04 Å². The summed E-state index contributed by atoms with van der Waals surface area (Å²) < 4.78 is 0.681. The van der Waals surface area contributed by atoms with Crippen LogP contribution in [0.15, 0.2) is 12.1 Å². The van der Waals surface area contributed by atoms with Crippen molar-refractivity contribution in [1.29, 1.82) is 0 Å². The van der Waals surface area contributed by atoms with Gasteiger partial charge in [-0.1, -0.05) is 11.6 Å². The number of nitrogens with one attached hydrogen (secondary N) is 1. The molecule has 1 rings (SSSR count). The average molecular weight is 235 g/mol. The van der Waals surface area contributed by atoms with Gasteiger partial charge >= 0.3 is 0 Å². The molecule has 4 N–H and O–H groups in total. The van der Waals surface area contributed by atoms with Gasteiger partial charge in [0, 0.05) is 4.88 Å². The van der Waals surface area contributed by atoms with Gasteiger partial charge in [-0.05, 0) is 12.1 Å². The fourth-order valence-corrected chi connectivity index (χ4v) is 1.86. The number of rotatable bonds is 4. The number of carbonyl (C=O) groups is 1. The molecule has 0 aliphatic heterocycles. The highest BCUT2D eigenvalue weighted by Gasteiger charge is 2.11. The van der Waals surface area contributed by atoms with Gasteiger partial charge in [0.15, 0.2) is 0 Å². The molecule has 0 saturated heterocycles. The lowest BCUT2D eigenvalue weighted by Crippen LogP contribution is -2.42. The molecule has 14 heavy (non-hydrogen) atoms. The lowest BCUT2D eigenvalue weighted by atomic mass is 10.3. The van der Waals surface area contributed by atoms with Crippen molar-refractivity contribution in [3.05, 3.63) is 21.3 Å². The first-order valence-corrected chi connectivity index (χ1v) is 5.21. The zero-order valence-corrected chi connectivity index (χ0v) is 8.94. The SMILES string of the molecule is NC(CO)C(=O)NCc1ccc(Cl)s1. The van der Waals surface area contributed by atoms with Gasteiger partial charge in [-0.25, -0.2) is 0 Å². The minimum Gasteiger partial charge on any atom is -0.394 e. The van der Waals surface area contributed by atoms with Crippen LogP contribution in [0.3, 0.4) is 0 Å². The summed E-state index contributed by atoms with van der Waals surface area (Å²) in [4.78, 5) is 12.1. The first kappa shape index (κ1) is 11.5. The maximum Gasteiger partial charge on any atom is 0.239 e. The fourth-order valence-electron chi connectivity index (χ4n) is 0.835. The van der Waals surface area contributed by atoms with Crippen LogP contribution in [0.1, 0.15) is 4.88 Å². The maximum absolute atomic E-state index is 11.1. The number of hydrogen-bond acceptors (Lipinski definition) is 4. The zero-order valence-electron chi connectivity index (χ0n) is 7.37. The Hall–Kier alpha value is -0.620. The minimum atomic E-state index is -0.856. The molecule has 0 spiro atoms. The number of amides is 1. The number of aliphatic hydroxyl groups excluding tert-OH is 1. The highest BCUT2D eigenvalue weighted by Crippen LogP contribution is 2.20. The number of aliphatic hydroxyl groups is 1. The number of carbonyl (C=O) groups excluding carboxylic acids is 1. The van der Waals surface area contributed by atoms with E-state index in [0.717, 1.165) is 4.88 Å². The smallest absolute Gasteiger partial charge is 0.239 e. The standard InChI is InChI=1S/C8H11ClN2O2S/c9-7-2-1-5(14-7)3-11-8(13)6(10)4-12/h1-2,6,12H,3-4,10H2,(H,11,13). The Morgan fingerprint density at radius 2 is 2.43 bits per heavy atom. The van der Waals surface area contributed by atoms with Crippen molar-refractivity contribution in [3.63, 3.8) is 0 Å². The second kappa shape index (κ2) is 5.31. The van der Waals surface area contributed by atoms with Gasteiger partial charge in [0.2, 0.25) is 5.91 Å². The number of hydrogen-bond donors (Lipinski definition) is 3. The number of thiophene rings is 1. The molecule has 0 bridgehead atoms. The summed E-state index contributed by atoms with van der Waals surface area (Å²) in [5.74, 6) is -0.364. The summed E-state index contributed by atoms with van der Waals surface area (Å²) in [6.07, 6.45) is 0. The summed E-state index contributed by atoms with van der Waals surface area (Å²) >= 11 is 7.10. The second-order valence-corrected chi connectivity index (χ2v) is 4.51. The predicted octanol–water partition coefficient (Wildman–Crippen LogP) is 0.337. The minimum absolute atomic E-state index is 0.350. The zero-order chi connectivity index (χ0) is 10.6. The molecule has 6 heteroatoms. The van der Waals surface area contributed by atoms with Gasteiger partial charge in [-0.3, -0.25) is 4.79 Å². The van der Waals surface area contributed by atoms with Gasteiger partial charge in [0.25, 0.3) is 0 Å². The molecule has 1 heterocycles. The highest BCUT2D eigenvalue weighted by atomic mass is 35.5. The van der Waals surface area contributed by atoms with E-state index >= 15 is 0 Å². The molecule has 0 saturated carbocycles. The van der Waals surface area contributed by atoms with E-state index in [2.05, 4.69) is 5.32 Å². The Labute approximate surface area is 90.7 Å². The van der Waals surface area contributed by atoms with Gasteiger partial charge in [0.1, 0.15) is 6.04 Å². The average Bonchev–Trinajstić information content (AvgIpc) is 2.59. The first-order chi connectivity index (χ1) is 6.63. The van der Waals surface area contributed by atoms with E-state index in [1.807, 2.05) is 6.07 Å². The quantitative estimate of drug-likeness (QED) is 0.703. The van der Waals surface area contributed by atoms with Crippen molar-refractivity contribution in [2.75, 3.05) is 6.61 Å².